The van der Waals surface area contributed by atoms with Crippen LogP contribution in [0.25, 0.3) is 6.08 Å². The second-order valence-electron chi connectivity index (χ2n) is 6.98. The van der Waals surface area contributed by atoms with Gasteiger partial charge in [0.25, 0.3) is 0 Å². The highest BCUT2D eigenvalue weighted by Crippen LogP contribution is 2.41. The minimum Gasteiger partial charge on any atom is -0.379 e. The van der Waals surface area contributed by atoms with E-state index in [1.165, 1.54) is 11.1 Å². The van der Waals surface area contributed by atoms with Gasteiger partial charge >= 0.3 is 0 Å². The zero-order valence-corrected chi connectivity index (χ0v) is 14.8. The molecule has 1 aliphatic carbocycles. The van der Waals surface area contributed by atoms with Crippen molar-refractivity contribution in [3.63, 3.8) is 0 Å². The predicted octanol–water partition coefficient (Wildman–Crippen LogP) is 3.96. The molecule has 0 radical (unpaired) electrons. The molecule has 1 unspecified atom stereocenters. The summed E-state index contributed by atoms with van der Waals surface area (Å²) in [7, 11) is 0. The van der Waals surface area contributed by atoms with E-state index in [4.69, 9.17) is 4.74 Å². The molecule has 1 saturated heterocycles. The number of fused-ring (bicyclic) bond motifs is 1. The van der Waals surface area contributed by atoms with E-state index >= 15 is 0 Å². The molecule has 2 aromatic rings. The minimum absolute atomic E-state index is 0.0348. The molecule has 0 saturated carbocycles. The van der Waals surface area contributed by atoms with E-state index in [1.807, 2.05) is 12.1 Å². The SMILES string of the molecule is Cc1ccc(/C=C2/C(=O)c3ccc(C)cc3C2N2CCOCC2)cc1. The van der Waals surface area contributed by atoms with Gasteiger partial charge in [0.1, 0.15) is 0 Å². The highest BCUT2D eigenvalue weighted by atomic mass is 16.5. The van der Waals surface area contributed by atoms with Crippen molar-refractivity contribution in [1.29, 1.82) is 0 Å². The predicted molar refractivity (Wildman–Crippen MR) is 99.8 cm³/mol. The molecule has 0 bridgehead atoms. The Morgan fingerprint density at radius 3 is 2.40 bits per heavy atom. The first kappa shape index (κ1) is 16.2. The molecule has 0 spiro atoms. The third kappa shape index (κ3) is 3.06. The molecule has 0 aromatic heterocycles. The van der Waals surface area contributed by atoms with Crippen LogP contribution in [-0.4, -0.2) is 37.0 Å². The molecule has 0 N–H and O–H groups in total. The number of ketones is 1. The maximum Gasteiger partial charge on any atom is 0.191 e. The van der Waals surface area contributed by atoms with Crippen molar-refractivity contribution >= 4 is 11.9 Å². The third-order valence-corrected chi connectivity index (χ3v) is 5.11. The lowest BCUT2D eigenvalue weighted by atomic mass is 10.00. The number of hydrogen-bond donors (Lipinski definition) is 0. The van der Waals surface area contributed by atoms with Gasteiger partial charge in [-0.3, -0.25) is 9.69 Å². The van der Waals surface area contributed by atoms with Crippen LogP contribution in [-0.2, 0) is 4.74 Å². The van der Waals surface area contributed by atoms with E-state index in [0.29, 0.717) is 0 Å². The van der Waals surface area contributed by atoms with Gasteiger partial charge in [-0.15, -0.1) is 0 Å². The minimum atomic E-state index is 0.0348. The summed E-state index contributed by atoms with van der Waals surface area (Å²) in [5.41, 5.74) is 6.37. The van der Waals surface area contributed by atoms with Crippen molar-refractivity contribution < 1.29 is 9.53 Å². The summed E-state index contributed by atoms with van der Waals surface area (Å²) >= 11 is 0. The fraction of sp³-hybridized carbons (Fsp3) is 0.318. The van der Waals surface area contributed by atoms with E-state index in [-0.39, 0.29) is 11.8 Å². The Kier molecular flexibility index (Phi) is 4.28. The van der Waals surface area contributed by atoms with Crippen LogP contribution >= 0.6 is 0 Å². The second kappa shape index (κ2) is 6.58. The molecule has 3 heteroatoms. The number of carbonyl (C=O) groups excluding carboxylic acids is 1. The molecule has 2 aliphatic rings. The van der Waals surface area contributed by atoms with Gasteiger partial charge in [0.05, 0.1) is 19.3 Å². The lowest BCUT2D eigenvalue weighted by Gasteiger charge is -2.33. The van der Waals surface area contributed by atoms with Crippen molar-refractivity contribution in [3.05, 3.63) is 75.9 Å². The Balaban J connectivity index is 1.80. The summed E-state index contributed by atoms with van der Waals surface area (Å²) in [6.07, 6.45) is 2.07. The summed E-state index contributed by atoms with van der Waals surface area (Å²) < 4.78 is 5.52. The lowest BCUT2D eigenvalue weighted by molar-refractivity contribution is 0.0242. The van der Waals surface area contributed by atoms with Crippen LogP contribution in [0.5, 0.6) is 0 Å². The molecular formula is C22H23NO2. The molecule has 4 rings (SSSR count). The zero-order chi connectivity index (χ0) is 17.4. The van der Waals surface area contributed by atoms with Crippen LogP contribution in [0.4, 0.5) is 0 Å². The Morgan fingerprint density at radius 1 is 1.00 bits per heavy atom. The van der Waals surface area contributed by atoms with Crippen LogP contribution in [0.3, 0.4) is 0 Å². The van der Waals surface area contributed by atoms with Crippen LogP contribution in [0.15, 0.2) is 48.0 Å². The van der Waals surface area contributed by atoms with Crippen LogP contribution in [0.1, 0.15) is 38.7 Å². The van der Waals surface area contributed by atoms with E-state index in [1.54, 1.807) is 0 Å². The zero-order valence-electron chi connectivity index (χ0n) is 14.8. The summed E-state index contributed by atoms with van der Waals surface area (Å²) in [6, 6.07) is 14.6. The summed E-state index contributed by atoms with van der Waals surface area (Å²) in [5, 5.41) is 0. The number of benzene rings is 2. The van der Waals surface area contributed by atoms with Crippen molar-refractivity contribution in [2.45, 2.75) is 19.9 Å². The molecule has 1 atom stereocenters. The highest BCUT2D eigenvalue weighted by Gasteiger charge is 2.38. The quantitative estimate of drug-likeness (QED) is 0.779. The van der Waals surface area contributed by atoms with Crippen LogP contribution in [0, 0.1) is 13.8 Å². The Bertz CT molecular complexity index is 830. The molecule has 128 valence electrons. The fourth-order valence-corrected chi connectivity index (χ4v) is 3.78. The molecule has 1 heterocycles. The molecule has 1 aliphatic heterocycles. The molecule has 1 fully saturated rings. The van der Waals surface area contributed by atoms with E-state index in [2.05, 4.69) is 55.2 Å². The molecule has 2 aromatic carbocycles. The lowest BCUT2D eigenvalue weighted by Crippen LogP contribution is -2.39. The van der Waals surface area contributed by atoms with E-state index in [0.717, 1.165) is 48.6 Å². The number of Topliss-reactive ketones (excluding diaryl/α,β-unsaturated/α-hetero) is 1. The summed E-state index contributed by atoms with van der Waals surface area (Å²) in [5.74, 6) is 0.159. The average Bonchev–Trinajstić information content (AvgIpc) is 2.89. The summed E-state index contributed by atoms with van der Waals surface area (Å²) in [6.45, 7) is 7.33. The topological polar surface area (TPSA) is 29.5 Å². The molecule has 3 nitrogen and oxygen atoms in total. The smallest absolute Gasteiger partial charge is 0.191 e. The maximum atomic E-state index is 13.1. The Morgan fingerprint density at radius 2 is 1.68 bits per heavy atom. The maximum absolute atomic E-state index is 13.1. The van der Waals surface area contributed by atoms with Crippen LogP contribution in [0.2, 0.25) is 0 Å². The molecule has 25 heavy (non-hydrogen) atoms. The van der Waals surface area contributed by atoms with Gasteiger partial charge in [-0.1, -0.05) is 53.6 Å². The van der Waals surface area contributed by atoms with Gasteiger partial charge in [-0.2, -0.15) is 0 Å². The first-order chi connectivity index (χ1) is 12.1. The highest BCUT2D eigenvalue weighted by molar-refractivity contribution is 6.16. The first-order valence-electron chi connectivity index (χ1n) is 8.89. The number of carbonyl (C=O) groups is 1. The van der Waals surface area contributed by atoms with Gasteiger partial charge in [0.15, 0.2) is 5.78 Å². The van der Waals surface area contributed by atoms with E-state index < -0.39 is 0 Å². The fourth-order valence-electron chi connectivity index (χ4n) is 3.78. The van der Waals surface area contributed by atoms with Crippen molar-refractivity contribution in [2.24, 2.45) is 0 Å². The number of rotatable bonds is 2. The van der Waals surface area contributed by atoms with Crippen LogP contribution < -0.4 is 0 Å². The van der Waals surface area contributed by atoms with Gasteiger partial charge in [-0.05, 0) is 31.1 Å². The van der Waals surface area contributed by atoms with Crippen molar-refractivity contribution in [2.75, 3.05) is 26.3 Å². The second-order valence-corrected chi connectivity index (χ2v) is 6.98. The molecular weight excluding hydrogens is 310 g/mol. The standard InChI is InChI=1S/C22H23NO2/c1-15-3-6-17(7-4-15)14-20-21(23-9-11-25-12-10-23)19-13-16(2)5-8-18(19)22(20)24/h3-8,13-14,21H,9-12H2,1-2H3/b20-14+. The number of hydrogen-bond acceptors (Lipinski definition) is 3. The largest absolute Gasteiger partial charge is 0.379 e. The summed E-state index contributed by atoms with van der Waals surface area (Å²) in [4.78, 5) is 15.5. The monoisotopic (exact) mass is 333 g/mol. The van der Waals surface area contributed by atoms with Gasteiger partial charge in [0.2, 0.25) is 0 Å². The van der Waals surface area contributed by atoms with Crippen molar-refractivity contribution in [3.8, 4) is 0 Å². The van der Waals surface area contributed by atoms with Crippen molar-refractivity contribution in [1.82, 2.24) is 4.90 Å². The number of morpholine rings is 1. The first-order valence-corrected chi connectivity index (χ1v) is 8.89. The molecule has 0 amide bonds. The number of ether oxygens (including phenoxy) is 1. The normalized spacial score (nSPS) is 22.4. The van der Waals surface area contributed by atoms with Gasteiger partial charge in [-0.25, -0.2) is 0 Å². The Hall–Kier alpha value is -2.23. The number of nitrogens with zero attached hydrogens (tertiary/aromatic N) is 1. The van der Waals surface area contributed by atoms with E-state index in [9.17, 15) is 4.79 Å². The third-order valence-electron chi connectivity index (χ3n) is 5.11. The van der Waals surface area contributed by atoms with Gasteiger partial charge in [0, 0.05) is 24.2 Å². The Labute approximate surface area is 148 Å². The van der Waals surface area contributed by atoms with Gasteiger partial charge < -0.3 is 4.74 Å². The average molecular weight is 333 g/mol. The number of aryl methyl sites for hydroxylation is 2.